The minimum absolute atomic E-state index is 0.0911. The number of carbonyl (C=O) groups is 2. The van der Waals surface area contributed by atoms with E-state index in [2.05, 4.69) is 10.3 Å². The first kappa shape index (κ1) is 19.8. The molecule has 28 heavy (non-hydrogen) atoms. The van der Waals surface area contributed by atoms with E-state index in [4.69, 9.17) is 23.2 Å². The Morgan fingerprint density at radius 3 is 2.36 bits per heavy atom. The van der Waals surface area contributed by atoms with Crippen LogP contribution in [-0.2, 0) is 0 Å². The summed E-state index contributed by atoms with van der Waals surface area (Å²) in [6.07, 6.45) is 0. The number of imide groups is 1. The van der Waals surface area contributed by atoms with Gasteiger partial charge in [0, 0.05) is 16.3 Å². The van der Waals surface area contributed by atoms with E-state index in [1.807, 2.05) is 17.4 Å². The molecule has 0 radical (unpaired) electrons. The highest BCUT2D eigenvalue weighted by molar-refractivity contribution is 6.34. The number of carbonyl (C=O) groups excluding carboxylic acids is 2. The van der Waals surface area contributed by atoms with Crippen molar-refractivity contribution in [3.8, 4) is 11.1 Å². The van der Waals surface area contributed by atoms with E-state index >= 15 is 0 Å². The first-order valence-corrected chi connectivity index (χ1v) is 8.90. The molecule has 0 atom stereocenters. The minimum atomic E-state index is -0.949. The molecule has 5 nitrogen and oxygen atoms in total. The van der Waals surface area contributed by atoms with Crippen molar-refractivity contribution in [1.82, 2.24) is 10.3 Å². The molecule has 0 unspecified atom stereocenters. The molecule has 3 amide bonds. The summed E-state index contributed by atoms with van der Waals surface area (Å²) in [5.41, 5.74) is 2.07. The van der Waals surface area contributed by atoms with Crippen LogP contribution < -0.4 is 10.6 Å². The number of aryl methyl sites for hydroxylation is 1. The van der Waals surface area contributed by atoms with Gasteiger partial charge in [-0.1, -0.05) is 41.4 Å². The lowest BCUT2D eigenvalue weighted by Crippen LogP contribution is -2.35. The van der Waals surface area contributed by atoms with Gasteiger partial charge in [0.15, 0.2) is 0 Å². The Morgan fingerprint density at radius 1 is 1.00 bits per heavy atom. The Balaban J connectivity index is 1.71. The number of anilines is 1. The lowest BCUT2D eigenvalue weighted by molar-refractivity contribution is 0.0963. The summed E-state index contributed by atoms with van der Waals surface area (Å²) in [7, 11) is 0. The smallest absolute Gasteiger partial charge is 0.292 e. The number of hydrogen-bond acceptors (Lipinski definition) is 3. The second-order valence-electron chi connectivity index (χ2n) is 5.84. The Bertz CT molecular complexity index is 1040. The highest BCUT2D eigenvalue weighted by Crippen LogP contribution is 2.25. The number of benzene rings is 2. The highest BCUT2D eigenvalue weighted by atomic mass is 35.5. The predicted octanol–water partition coefficient (Wildman–Crippen LogP) is 5.46. The molecule has 0 aliphatic heterocycles. The second-order valence-corrected chi connectivity index (χ2v) is 6.68. The van der Waals surface area contributed by atoms with Crippen molar-refractivity contribution in [2.75, 3.05) is 5.32 Å². The number of hydrogen-bond donors (Lipinski definition) is 2. The third kappa shape index (κ3) is 4.47. The lowest BCUT2D eigenvalue weighted by Gasteiger charge is -2.10. The van der Waals surface area contributed by atoms with Crippen molar-refractivity contribution < 1.29 is 14.0 Å². The summed E-state index contributed by atoms with van der Waals surface area (Å²) in [5.74, 6) is -1.53. The average molecular weight is 418 g/mol. The largest absolute Gasteiger partial charge is 0.327 e. The Morgan fingerprint density at radius 2 is 1.71 bits per heavy atom. The maximum absolute atomic E-state index is 13.8. The minimum Gasteiger partial charge on any atom is -0.292 e. The summed E-state index contributed by atoms with van der Waals surface area (Å²) in [4.78, 5) is 28.5. The molecular weight excluding hydrogens is 404 g/mol. The standard InChI is InChI=1S/C20H14Cl2FN3O2/c1-11-14(12-5-7-13(21)8-6-12)9-10-17(24-11)25-20(28)26-19(27)18-15(22)3-2-4-16(18)23/h2-10H,1H3,(H2,24,25,26,27,28). The number of aromatic nitrogens is 1. The molecule has 3 aromatic rings. The van der Waals surface area contributed by atoms with Gasteiger partial charge in [-0.15, -0.1) is 0 Å². The normalized spacial score (nSPS) is 10.4. The fraction of sp³-hybridized carbons (Fsp3) is 0.0500. The van der Waals surface area contributed by atoms with E-state index < -0.39 is 23.3 Å². The molecule has 0 saturated heterocycles. The summed E-state index contributed by atoms with van der Waals surface area (Å²) in [6, 6.07) is 13.6. The maximum Gasteiger partial charge on any atom is 0.327 e. The van der Waals surface area contributed by atoms with Gasteiger partial charge in [0.05, 0.1) is 10.6 Å². The van der Waals surface area contributed by atoms with Crippen molar-refractivity contribution in [1.29, 1.82) is 0 Å². The molecule has 142 valence electrons. The van der Waals surface area contributed by atoms with Gasteiger partial charge in [0.2, 0.25) is 0 Å². The summed E-state index contributed by atoms with van der Waals surface area (Å²) < 4.78 is 13.8. The van der Waals surface area contributed by atoms with Crippen LogP contribution in [-0.4, -0.2) is 16.9 Å². The molecule has 1 aromatic heterocycles. The van der Waals surface area contributed by atoms with Crippen molar-refractivity contribution in [2.24, 2.45) is 0 Å². The molecule has 2 aromatic carbocycles. The molecule has 1 heterocycles. The molecule has 0 bridgehead atoms. The molecule has 2 N–H and O–H groups in total. The first-order valence-electron chi connectivity index (χ1n) is 8.15. The van der Waals surface area contributed by atoms with Crippen LogP contribution in [0, 0.1) is 12.7 Å². The van der Waals surface area contributed by atoms with Crippen LogP contribution in [0.15, 0.2) is 54.6 Å². The van der Waals surface area contributed by atoms with Gasteiger partial charge in [-0.25, -0.2) is 14.2 Å². The Hall–Kier alpha value is -2.96. The highest BCUT2D eigenvalue weighted by Gasteiger charge is 2.18. The first-order chi connectivity index (χ1) is 13.3. The van der Waals surface area contributed by atoms with Gasteiger partial charge < -0.3 is 0 Å². The van der Waals surface area contributed by atoms with Gasteiger partial charge in [0.25, 0.3) is 5.91 Å². The van der Waals surface area contributed by atoms with E-state index in [0.29, 0.717) is 10.7 Å². The van der Waals surface area contributed by atoms with Gasteiger partial charge >= 0.3 is 6.03 Å². The molecule has 0 aliphatic rings. The molecular formula is C20H14Cl2FN3O2. The molecule has 0 fully saturated rings. The topological polar surface area (TPSA) is 71.1 Å². The van der Waals surface area contributed by atoms with Gasteiger partial charge in [-0.3, -0.25) is 15.4 Å². The van der Waals surface area contributed by atoms with E-state index in [9.17, 15) is 14.0 Å². The van der Waals surface area contributed by atoms with Crippen molar-refractivity contribution >= 4 is 41.0 Å². The van der Waals surface area contributed by atoms with E-state index in [0.717, 1.165) is 17.2 Å². The van der Waals surface area contributed by atoms with Crippen molar-refractivity contribution in [3.05, 3.63) is 81.7 Å². The SMILES string of the molecule is Cc1nc(NC(=O)NC(=O)c2c(F)cccc2Cl)ccc1-c1ccc(Cl)cc1. The van der Waals surface area contributed by atoms with Gasteiger partial charge in [-0.05, 0) is 48.9 Å². The third-order valence-electron chi connectivity index (χ3n) is 3.90. The monoisotopic (exact) mass is 417 g/mol. The van der Waals surface area contributed by atoms with Crippen molar-refractivity contribution in [2.45, 2.75) is 6.92 Å². The van der Waals surface area contributed by atoms with Crippen LogP contribution in [0.25, 0.3) is 11.1 Å². The van der Waals surface area contributed by atoms with E-state index in [-0.39, 0.29) is 10.8 Å². The fourth-order valence-electron chi connectivity index (χ4n) is 2.59. The van der Waals surface area contributed by atoms with Crippen LogP contribution in [0.2, 0.25) is 10.0 Å². The maximum atomic E-state index is 13.8. The third-order valence-corrected chi connectivity index (χ3v) is 4.47. The van der Waals surface area contributed by atoms with Crippen LogP contribution in [0.1, 0.15) is 16.1 Å². The Kier molecular flexibility index (Phi) is 5.92. The number of pyridine rings is 1. The number of nitrogens with one attached hydrogen (secondary N) is 2. The van der Waals surface area contributed by atoms with Crippen LogP contribution in [0.4, 0.5) is 15.0 Å². The molecule has 8 heteroatoms. The number of rotatable bonds is 3. The zero-order chi connectivity index (χ0) is 20.3. The fourth-order valence-corrected chi connectivity index (χ4v) is 2.97. The summed E-state index contributed by atoms with van der Waals surface area (Å²) in [6.45, 7) is 1.79. The quantitative estimate of drug-likeness (QED) is 0.593. The Labute approximate surface area is 170 Å². The van der Waals surface area contributed by atoms with E-state index in [1.165, 1.54) is 12.1 Å². The second kappa shape index (κ2) is 8.37. The number of nitrogens with zero attached hydrogens (tertiary/aromatic N) is 1. The summed E-state index contributed by atoms with van der Waals surface area (Å²) in [5, 5.41) is 5.01. The van der Waals surface area contributed by atoms with Gasteiger partial charge in [0.1, 0.15) is 11.6 Å². The van der Waals surface area contributed by atoms with Gasteiger partial charge in [-0.2, -0.15) is 0 Å². The van der Waals surface area contributed by atoms with E-state index in [1.54, 1.807) is 31.2 Å². The number of amides is 3. The molecule has 3 rings (SSSR count). The predicted molar refractivity (Wildman–Crippen MR) is 107 cm³/mol. The molecule has 0 spiro atoms. The van der Waals surface area contributed by atoms with Crippen LogP contribution >= 0.6 is 23.2 Å². The van der Waals surface area contributed by atoms with Crippen molar-refractivity contribution in [3.63, 3.8) is 0 Å². The van der Waals surface area contributed by atoms with Crippen LogP contribution in [0.3, 0.4) is 0 Å². The number of urea groups is 1. The average Bonchev–Trinajstić information content (AvgIpc) is 2.62. The lowest BCUT2D eigenvalue weighted by atomic mass is 10.0. The molecule has 0 saturated carbocycles. The zero-order valence-electron chi connectivity index (χ0n) is 14.6. The van der Waals surface area contributed by atoms with Crippen LogP contribution in [0.5, 0.6) is 0 Å². The zero-order valence-corrected chi connectivity index (χ0v) is 16.1. The summed E-state index contributed by atoms with van der Waals surface area (Å²) >= 11 is 11.7. The number of halogens is 3. The molecule has 0 aliphatic carbocycles.